The maximum atomic E-state index is 9.40. The normalized spacial score (nSPS) is 16.6. The van der Waals surface area contributed by atoms with Crippen LogP contribution < -0.4 is 10.5 Å². The molecule has 3 N–H and O–H groups in total. The summed E-state index contributed by atoms with van der Waals surface area (Å²) in [4.78, 5) is 0. The van der Waals surface area contributed by atoms with Crippen LogP contribution in [0.1, 0.15) is 28.3 Å². The van der Waals surface area contributed by atoms with Crippen molar-refractivity contribution in [3.63, 3.8) is 0 Å². The van der Waals surface area contributed by atoms with Gasteiger partial charge in [-0.1, -0.05) is 12.1 Å². The maximum Gasteiger partial charge on any atom is 0.244 e. The summed E-state index contributed by atoms with van der Waals surface area (Å²) >= 11 is 0. The molecule has 0 fully saturated rings. The first kappa shape index (κ1) is 12.8. The molecule has 1 aromatic heterocycles. The first-order valence-corrected chi connectivity index (χ1v) is 6.28. The summed E-state index contributed by atoms with van der Waals surface area (Å²) in [5.41, 5.74) is 9.21. The van der Waals surface area contributed by atoms with Gasteiger partial charge in [0, 0.05) is 11.3 Å². The molecule has 0 spiro atoms. The fourth-order valence-corrected chi connectivity index (χ4v) is 2.48. The van der Waals surface area contributed by atoms with E-state index in [1.54, 1.807) is 12.1 Å². The average Bonchev–Trinajstić information content (AvgIpc) is 2.87. The second kappa shape index (κ2) is 4.69. The number of aryl methyl sites for hydroxylation is 1. The Hall–Kier alpha value is -3.25. The van der Waals surface area contributed by atoms with Crippen LogP contribution in [0.5, 0.6) is 5.88 Å². The molecule has 1 aromatic carbocycles. The molecule has 0 aliphatic carbocycles. The molecule has 2 heterocycles. The van der Waals surface area contributed by atoms with E-state index in [2.05, 4.69) is 22.3 Å². The summed E-state index contributed by atoms with van der Waals surface area (Å²) in [6.45, 7) is 1.86. The molecule has 1 unspecified atom stereocenters. The van der Waals surface area contributed by atoms with Gasteiger partial charge in [-0.2, -0.15) is 10.5 Å². The summed E-state index contributed by atoms with van der Waals surface area (Å²) in [5.74, 6) is 0.106. The van der Waals surface area contributed by atoms with E-state index >= 15 is 0 Å². The summed E-state index contributed by atoms with van der Waals surface area (Å²) in [6.07, 6.45) is 0. The van der Waals surface area contributed by atoms with Gasteiger partial charge >= 0.3 is 0 Å². The van der Waals surface area contributed by atoms with Crippen molar-refractivity contribution in [3.8, 4) is 18.0 Å². The lowest BCUT2D eigenvalue weighted by atomic mass is 9.84. The third-order valence-corrected chi connectivity index (χ3v) is 3.50. The average molecular weight is 277 g/mol. The predicted molar refractivity (Wildman–Crippen MR) is 73.8 cm³/mol. The molecule has 0 radical (unpaired) electrons. The van der Waals surface area contributed by atoms with Crippen molar-refractivity contribution < 1.29 is 4.74 Å². The van der Waals surface area contributed by atoms with Gasteiger partial charge in [0.05, 0.1) is 17.6 Å². The number of aromatic amines is 1. The van der Waals surface area contributed by atoms with Gasteiger partial charge in [0.15, 0.2) is 0 Å². The molecular formula is C15H11N5O. The maximum absolute atomic E-state index is 9.40. The molecule has 2 aromatic rings. The molecular weight excluding hydrogens is 266 g/mol. The lowest BCUT2D eigenvalue weighted by molar-refractivity contribution is 0.379. The number of hydrogen-bond donors (Lipinski definition) is 2. The van der Waals surface area contributed by atoms with Crippen molar-refractivity contribution in [2.75, 3.05) is 0 Å². The van der Waals surface area contributed by atoms with Gasteiger partial charge < -0.3 is 10.5 Å². The van der Waals surface area contributed by atoms with Gasteiger partial charge in [-0.15, -0.1) is 5.10 Å². The number of fused-ring (bicyclic) bond motifs is 1. The Bertz CT molecular complexity index is 817. The molecule has 1 aliphatic rings. The number of ether oxygens (including phenoxy) is 1. The molecule has 3 rings (SSSR count). The van der Waals surface area contributed by atoms with Crippen molar-refractivity contribution in [1.29, 1.82) is 10.5 Å². The van der Waals surface area contributed by atoms with Crippen LogP contribution in [0.2, 0.25) is 0 Å². The number of H-pyrrole nitrogens is 1. The number of aromatic nitrogens is 2. The van der Waals surface area contributed by atoms with E-state index in [4.69, 9.17) is 15.7 Å². The molecule has 21 heavy (non-hydrogen) atoms. The highest BCUT2D eigenvalue weighted by Crippen LogP contribution is 2.42. The van der Waals surface area contributed by atoms with E-state index in [-0.39, 0.29) is 11.8 Å². The summed E-state index contributed by atoms with van der Waals surface area (Å²) in [7, 11) is 0. The van der Waals surface area contributed by atoms with E-state index in [0.717, 1.165) is 16.8 Å². The minimum Gasteiger partial charge on any atom is -0.420 e. The number of rotatable bonds is 1. The quantitative estimate of drug-likeness (QED) is 0.825. The molecule has 1 aliphatic heterocycles. The summed E-state index contributed by atoms with van der Waals surface area (Å²) < 4.78 is 5.39. The fourth-order valence-electron chi connectivity index (χ4n) is 2.48. The summed E-state index contributed by atoms with van der Waals surface area (Å²) in [6, 6.07) is 11.2. The standard InChI is InChI=1S/C15H11N5O/c1-8-12-13(10-4-2-9(6-16)3-5-10)11(7-17)14(18)21-15(12)20-19-8/h2-5,13H,18H2,1H3,(H,19,20). The van der Waals surface area contributed by atoms with Gasteiger partial charge in [0.1, 0.15) is 11.6 Å². The van der Waals surface area contributed by atoms with Crippen LogP contribution in [0, 0.1) is 29.6 Å². The van der Waals surface area contributed by atoms with Crippen LogP contribution in [0.4, 0.5) is 0 Å². The number of benzene rings is 1. The fraction of sp³-hybridized carbons (Fsp3) is 0.133. The topological polar surface area (TPSA) is 112 Å². The van der Waals surface area contributed by atoms with E-state index in [9.17, 15) is 5.26 Å². The number of nitrogens with one attached hydrogen (secondary N) is 1. The molecule has 0 saturated heterocycles. The largest absolute Gasteiger partial charge is 0.420 e. The van der Waals surface area contributed by atoms with E-state index in [1.807, 2.05) is 19.1 Å². The third-order valence-electron chi connectivity index (χ3n) is 3.50. The Morgan fingerprint density at radius 1 is 1.24 bits per heavy atom. The zero-order chi connectivity index (χ0) is 15.0. The van der Waals surface area contributed by atoms with Crippen LogP contribution in [-0.2, 0) is 0 Å². The zero-order valence-corrected chi connectivity index (χ0v) is 11.2. The number of nitriles is 2. The van der Waals surface area contributed by atoms with Crippen LogP contribution in [0.25, 0.3) is 0 Å². The number of allylic oxidation sites excluding steroid dienone is 1. The lowest BCUT2D eigenvalue weighted by Crippen LogP contribution is -2.21. The molecule has 102 valence electrons. The molecule has 0 amide bonds. The number of nitrogens with two attached hydrogens (primary N) is 1. The Labute approximate surface area is 121 Å². The number of nitrogens with zero attached hydrogens (tertiary/aromatic N) is 3. The molecule has 6 heteroatoms. The van der Waals surface area contributed by atoms with Crippen LogP contribution in [-0.4, -0.2) is 10.2 Å². The smallest absolute Gasteiger partial charge is 0.244 e. The van der Waals surface area contributed by atoms with Crippen molar-refractivity contribution in [2.24, 2.45) is 5.73 Å². The highest BCUT2D eigenvalue weighted by atomic mass is 16.5. The minimum atomic E-state index is -0.342. The Balaban J connectivity index is 2.20. The summed E-state index contributed by atoms with van der Waals surface area (Å²) in [5, 5.41) is 25.2. The molecule has 0 saturated carbocycles. The van der Waals surface area contributed by atoms with E-state index < -0.39 is 0 Å². The van der Waals surface area contributed by atoms with Gasteiger partial charge in [0.2, 0.25) is 11.8 Å². The molecule has 0 bridgehead atoms. The Morgan fingerprint density at radius 2 is 1.95 bits per heavy atom. The van der Waals surface area contributed by atoms with Crippen molar-refractivity contribution in [2.45, 2.75) is 12.8 Å². The first-order valence-electron chi connectivity index (χ1n) is 6.28. The molecule has 1 atom stereocenters. The van der Waals surface area contributed by atoms with Gasteiger partial charge in [0.25, 0.3) is 0 Å². The second-order valence-electron chi connectivity index (χ2n) is 4.73. The van der Waals surface area contributed by atoms with E-state index in [0.29, 0.717) is 17.0 Å². The first-order chi connectivity index (χ1) is 10.2. The number of hydrogen-bond acceptors (Lipinski definition) is 5. The Morgan fingerprint density at radius 3 is 2.57 bits per heavy atom. The van der Waals surface area contributed by atoms with Crippen LogP contribution in [0.15, 0.2) is 35.7 Å². The van der Waals surface area contributed by atoms with Gasteiger partial charge in [-0.05, 0) is 24.6 Å². The SMILES string of the molecule is Cc1[nH]nc2c1C(c1ccc(C#N)cc1)C(C#N)=C(N)O2. The third kappa shape index (κ3) is 1.90. The monoisotopic (exact) mass is 277 g/mol. The van der Waals surface area contributed by atoms with Crippen LogP contribution in [0.3, 0.4) is 0 Å². The van der Waals surface area contributed by atoms with Crippen molar-refractivity contribution in [3.05, 3.63) is 58.1 Å². The van der Waals surface area contributed by atoms with Crippen molar-refractivity contribution >= 4 is 0 Å². The van der Waals surface area contributed by atoms with Gasteiger partial charge in [-0.3, -0.25) is 5.10 Å². The Kier molecular flexibility index (Phi) is 2.85. The van der Waals surface area contributed by atoms with Crippen molar-refractivity contribution in [1.82, 2.24) is 10.2 Å². The predicted octanol–water partition coefficient (Wildman–Crippen LogP) is 1.81. The van der Waals surface area contributed by atoms with E-state index in [1.165, 1.54) is 0 Å². The second-order valence-corrected chi connectivity index (χ2v) is 4.73. The minimum absolute atomic E-state index is 0.0610. The lowest BCUT2D eigenvalue weighted by Gasteiger charge is -2.23. The molecule has 6 nitrogen and oxygen atoms in total. The zero-order valence-electron chi connectivity index (χ0n) is 11.2. The highest BCUT2D eigenvalue weighted by molar-refractivity contribution is 5.55. The van der Waals surface area contributed by atoms with Crippen LogP contribution >= 0.6 is 0 Å². The van der Waals surface area contributed by atoms with Gasteiger partial charge in [-0.25, -0.2) is 0 Å². The highest BCUT2D eigenvalue weighted by Gasteiger charge is 2.33.